The van der Waals surface area contributed by atoms with Gasteiger partial charge in [0.15, 0.2) is 9.68 Å². The Hall–Kier alpha value is 0.130. The van der Waals surface area contributed by atoms with Gasteiger partial charge in [-0.3, -0.25) is 4.79 Å². The summed E-state index contributed by atoms with van der Waals surface area (Å²) in [5.41, 5.74) is 0. The lowest BCUT2D eigenvalue weighted by Gasteiger charge is -2.35. The van der Waals surface area contributed by atoms with E-state index in [2.05, 4.69) is 0 Å². The van der Waals surface area contributed by atoms with Crippen molar-refractivity contribution in [3.63, 3.8) is 0 Å². The number of thioether (sulfide) groups is 2. The molecule has 2 fully saturated rings. The summed E-state index contributed by atoms with van der Waals surface area (Å²) >= 11 is 3.41. The van der Waals surface area contributed by atoms with E-state index in [1.807, 2.05) is 13.8 Å². The van der Waals surface area contributed by atoms with E-state index in [4.69, 9.17) is 9.47 Å². The number of hydrogen-bond acceptors (Lipinski definition) is 5. The molecule has 14 heavy (non-hydrogen) atoms. The van der Waals surface area contributed by atoms with Gasteiger partial charge in [-0.05, 0) is 13.8 Å². The van der Waals surface area contributed by atoms with Crippen LogP contribution in [0.1, 0.15) is 13.8 Å². The van der Waals surface area contributed by atoms with Crippen LogP contribution in [0.3, 0.4) is 0 Å². The van der Waals surface area contributed by atoms with Gasteiger partial charge < -0.3 is 9.47 Å². The predicted octanol–water partition coefficient (Wildman–Crippen LogP) is 1.51. The molecule has 0 aliphatic carbocycles. The number of hydrogen-bond donors (Lipinski definition) is 0. The van der Waals surface area contributed by atoms with Gasteiger partial charge in [-0.1, -0.05) is 0 Å². The van der Waals surface area contributed by atoms with Crippen LogP contribution in [-0.2, 0) is 14.3 Å². The van der Waals surface area contributed by atoms with Crippen LogP contribution < -0.4 is 0 Å². The fraction of sp³-hybridized carbons (Fsp3) is 0.889. The monoisotopic (exact) mass is 234 g/mol. The normalized spacial score (nSPS) is 41.0. The third kappa shape index (κ3) is 1.46. The number of rotatable bonds is 2. The zero-order valence-corrected chi connectivity index (χ0v) is 10.0. The highest BCUT2D eigenvalue weighted by Gasteiger charge is 2.66. The minimum Gasteiger partial charge on any atom is -0.465 e. The molecule has 0 aromatic heterocycles. The van der Waals surface area contributed by atoms with Crippen molar-refractivity contribution in [2.24, 2.45) is 0 Å². The van der Waals surface area contributed by atoms with Gasteiger partial charge in [0.25, 0.3) is 0 Å². The molecule has 5 heteroatoms. The SMILES string of the molecule is CCOC(=O)C1(C)SCCSC12CO2. The molecular weight excluding hydrogens is 220 g/mol. The molecule has 0 aromatic rings. The fourth-order valence-corrected chi connectivity index (χ4v) is 4.46. The second-order valence-corrected chi connectivity index (χ2v) is 6.36. The molecule has 2 heterocycles. The molecular formula is C9H14O3S2. The minimum absolute atomic E-state index is 0.130. The van der Waals surface area contributed by atoms with E-state index in [9.17, 15) is 4.79 Å². The van der Waals surface area contributed by atoms with E-state index >= 15 is 0 Å². The van der Waals surface area contributed by atoms with E-state index in [-0.39, 0.29) is 10.9 Å². The Bertz CT molecular complexity index is 252. The van der Waals surface area contributed by atoms with Crippen LogP contribution in [0.2, 0.25) is 0 Å². The first-order valence-corrected chi connectivity index (χ1v) is 6.71. The summed E-state index contributed by atoms with van der Waals surface area (Å²) in [5, 5.41) is 0. The van der Waals surface area contributed by atoms with E-state index in [1.165, 1.54) is 0 Å². The predicted molar refractivity (Wildman–Crippen MR) is 58.6 cm³/mol. The number of epoxide rings is 1. The highest BCUT2D eigenvalue weighted by atomic mass is 32.2. The number of ether oxygens (including phenoxy) is 2. The first-order chi connectivity index (χ1) is 6.65. The van der Waals surface area contributed by atoms with Gasteiger partial charge in [-0.25, -0.2) is 0 Å². The van der Waals surface area contributed by atoms with Gasteiger partial charge in [0, 0.05) is 11.5 Å². The minimum atomic E-state index is -0.508. The highest BCUT2D eigenvalue weighted by molar-refractivity contribution is 8.08. The number of esters is 1. The third-order valence-corrected chi connectivity index (χ3v) is 6.00. The summed E-state index contributed by atoms with van der Waals surface area (Å²) in [6.45, 7) is 4.90. The van der Waals surface area contributed by atoms with E-state index in [0.717, 1.165) is 11.5 Å². The lowest BCUT2D eigenvalue weighted by atomic mass is 10.1. The van der Waals surface area contributed by atoms with Crippen molar-refractivity contribution >= 4 is 29.5 Å². The molecule has 3 nitrogen and oxygen atoms in total. The Balaban J connectivity index is 2.15. The summed E-state index contributed by atoms with van der Waals surface area (Å²) in [7, 11) is 0. The molecule has 0 bridgehead atoms. The van der Waals surface area contributed by atoms with Crippen molar-refractivity contribution < 1.29 is 14.3 Å². The molecule has 2 aliphatic rings. The van der Waals surface area contributed by atoms with Crippen molar-refractivity contribution in [3.05, 3.63) is 0 Å². The highest BCUT2D eigenvalue weighted by Crippen LogP contribution is 2.57. The molecule has 0 amide bonds. The van der Waals surface area contributed by atoms with Gasteiger partial charge in [0.05, 0.1) is 13.2 Å². The van der Waals surface area contributed by atoms with Crippen LogP contribution >= 0.6 is 23.5 Å². The van der Waals surface area contributed by atoms with Crippen molar-refractivity contribution in [2.75, 3.05) is 24.7 Å². The Kier molecular flexibility index (Phi) is 2.74. The van der Waals surface area contributed by atoms with Gasteiger partial charge in [-0.2, -0.15) is 0 Å². The summed E-state index contributed by atoms with van der Waals surface area (Å²) in [4.78, 5) is 11.5. The van der Waals surface area contributed by atoms with Crippen LogP contribution in [0.15, 0.2) is 0 Å². The van der Waals surface area contributed by atoms with E-state index in [0.29, 0.717) is 13.2 Å². The molecule has 2 aliphatic heterocycles. The average molecular weight is 234 g/mol. The zero-order chi connectivity index (χ0) is 10.2. The molecule has 2 unspecified atom stereocenters. The van der Waals surface area contributed by atoms with E-state index < -0.39 is 4.75 Å². The molecule has 2 rings (SSSR count). The molecule has 2 atom stereocenters. The van der Waals surface area contributed by atoms with Crippen molar-refractivity contribution in [2.45, 2.75) is 23.5 Å². The Morgan fingerprint density at radius 1 is 1.50 bits per heavy atom. The lowest BCUT2D eigenvalue weighted by Crippen LogP contribution is -2.48. The molecule has 0 saturated carbocycles. The molecule has 1 spiro atoms. The van der Waals surface area contributed by atoms with Crippen molar-refractivity contribution in [1.82, 2.24) is 0 Å². The zero-order valence-electron chi connectivity index (χ0n) is 8.37. The first kappa shape index (κ1) is 10.6. The molecule has 80 valence electrons. The van der Waals surface area contributed by atoms with Gasteiger partial charge in [-0.15, -0.1) is 23.5 Å². The summed E-state index contributed by atoms with van der Waals surface area (Å²) in [6.07, 6.45) is 0. The summed E-state index contributed by atoms with van der Waals surface area (Å²) in [5.74, 6) is 1.92. The van der Waals surface area contributed by atoms with Crippen LogP contribution in [0, 0.1) is 0 Å². The van der Waals surface area contributed by atoms with Gasteiger partial charge in [0.2, 0.25) is 0 Å². The van der Waals surface area contributed by atoms with Gasteiger partial charge >= 0.3 is 5.97 Å². The Morgan fingerprint density at radius 2 is 2.14 bits per heavy atom. The second kappa shape index (κ2) is 3.61. The Labute approximate surface area is 92.3 Å². The maximum absolute atomic E-state index is 11.8. The van der Waals surface area contributed by atoms with Crippen LogP contribution in [-0.4, -0.2) is 40.4 Å². The maximum atomic E-state index is 11.8. The lowest BCUT2D eigenvalue weighted by molar-refractivity contribution is -0.146. The third-order valence-electron chi connectivity index (χ3n) is 2.61. The van der Waals surface area contributed by atoms with Crippen LogP contribution in [0.4, 0.5) is 0 Å². The second-order valence-electron chi connectivity index (χ2n) is 3.49. The fourth-order valence-electron chi connectivity index (χ4n) is 1.61. The molecule has 2 saturated heterocycles. The smallest absolute Gasteiger partial charge is 0.325 e. The number of carbonyl (C=O) groups excluding carboxylic acids is 1. The topological polar surface area (TPSA) is 38.8 Å². The van der Waals surface area contributed by atoms with Crippen molar-refractivity contribution in [3.8, 4) is 0 Å². The van der Waals surface area contributed by atoms with E-state index in [1.54, 1.807) is 23.5 Å². The van der Waals surface area contributed by atoms with Gasteiger partial charge in [0.1, 0.15) is 0 Å². The first-order valence-electron chi connectivity index (χ1n) is 4.74. The number of carbonyl (C=O) groups is 1. The summed E-state index contributed by atoms with van der Waals surface area (Å²) in [6, 6.07) is 0. The van der Waals surface area contributed by atoms with Crippen LogP contribution in [0.25, 0.3) is 0 Å². The molecule has 0 radical (unpaired) electrons. The quantitative estimate of drug-likeness (QED) is 0.535. The largest absolute Gasteiger partial charge is 0.465 e. The summed E-state index contributed by atoms with van der Waals surface area (Å²) < 4.78 is 10.1. The van der Waals surface area contributed by atoms with Crippen LogP contribution in [0.5, 0.6) is 0 Å². The Morgan fingerprint density at radius 3 is 2.71 bits per heavy atom. The molecule has 0 aromatic carbocycles. The maximum Gasteiger partial charge on any atom is 0.325 e. The average Bonchev–Trinajstić information content (AvgIpc) is 2.93. The standard InChI is InChI=1S/C9H14O3S2/c1-3-11-7(10)8(2)9(6-12-9)14-5-4-13-8/h3-6H2,1-2H3. The van der Waals surface area contributed by atoms with Crippen molar-refractivity contribution in [1.29, 1.82) is 0 Å². The molecule has 0 N–H and O–H groups in total.